The quantitative estimate of drug-likeness (QED) is 0.487. The number of hydrogen-bond donors (Lipinski definition) is 1. The van der Waals surface area contributed by atoms with Crippen LogP contribution < -0.4 is 10.9 Å². The van der Waals surface area contributed by atoms with E-state index in [1.54, 1.807) is 27.8 Å². The number of rotatable bonds is 5. The molecule has 0 unspecified atom stereocenters. The molecule has 156 valence electrons. The normalized spacial score (nSPS) is 15.2. The van der Waals surface area contributed by atoms with Crippen LogP contribution in [-0.4, -0.2) is 36.0 Å². The van der Waals surface area contributed by atoms with E-state index in [0.717, 1.165) is 16.8 Å². The van der Waals surface area contributed by atoms with Crippen molar-refractivity contribution >= 4 is 28.7 Å². The number of pyridine rings is 1. The lowest BCUT2D eigenvalue weighted by Crippen LogP contribution is -2.30. The van der Waals surface area contributed by atoms with Gasteiger partial charge in [0, 0.05) is 31.1 Å². The highest BCUT2D eigenvalue weighted by atomic mass is 32.2. The van der Waals surface area contributed by atoms with Crippen LogP contribution in [0.1, 0.15) is 23.6 Å². The average Bonchev–Trinajstić information content (AvgIpc) is 3.38. The molecule has 0 spiro atoms. The molecular weight excluding hydrogens is 412 g/mol. The van der Waals surface area contributed by atoms with E-state index in [-0.39, 0.29) is 23.9 Å². The van der Waals surface area contributed by atoms with Gasteiger partial charge in [0.2, 0.25) is 5.91 Å². The second-order valence-electron chi connectivity index (χ2n) is 7.50. The Kier molecular flexibility index (Phi) is 5.03. The van der Waals surface area contributed by atoms with Gasteiger partial charge in [0.15, 0.2) is 10.8 Å². The summed E-state index contributed by atoms with van der Waals surface area (Å²) in [5.41, 5.74) is 3.33. The Labute approximate surface area is 182 Å². The zero-order chi connectivity index (χ0) is 21.4. The Balaban J connectivity index is 1.40. The lowest BCUT2D eigenvalue weighted by atomic mass is 10.2. The Bertz CT molecular complexity index is 1330. The third-order valence-corrected chi connectivity index (χ3v) is 6.37. The summed E-state index contributed by atoms with van der Waals surface area (Å²) in [5.74, 6) is 0.535. The lowest BCUT2D eigenvalue weighted by molar-refractivity contribution is -0.121. The fraction of sp³-hybridized carbons (Fsp3) is 0.227. The van der Waals surface area contributed by atoms with E-state index in [4.69, 9.17) is 4.98 Å². The summed E-state index contributed by atoms with van der Waals surface area (Å²) < 4.78 is 3.33. The largest absolute Gasteiger partial charge is 0.352 e. The van der Waals surface area contributed by atoms with Crippen molar-refractivity contribution in [1.82, 2.24) is 29.6 Å². The average molecular weight is 433 g/mol. The molecule has 0 aliphatic carbocycles. The molecule has 1 N–H and O–H groups in total. The van der Waals surface area contributed by atoms with E-state index >= 15 is 0 Å². The molecule has 31 heavy (non-hydrogen) atoms. The topological polar surface area (TPSA) is 94.7 Å². The third kappa shape index (κ3) is 3.72. The summed E-state index contributed by atoms with van der Waals surface area (Å²) in [6.45, 7) is 2.44. The van der Waals surface area contributed by atoms with Crippen LogP contribution in [0.3, 0.4) is 0 Å². The van der Waals surface area contributed by atoms with Gasteiger partial charge in [-0.3, -0.25) is 19.1 Å². The summed E-state index contributed by atoms with van der Waals surface area (Å²) in [6, 6.07) is 11.4. The molecule has 8 nitrogen and oxygen atoms in total. The van der Waals surface area contributed by atoms with Crippen molar-refractivity contribution in [2.75, 3.05) is 5.75 Å². The Morgan fingerprint density at radius 3 is 2.90 bits per heavy atom. The van der Waals surface area contributed by atoms with Crippen molar-refractivity contribution in [2.24, 2.45) is 0 Å². The van der Waals surface area contributed by atoms with E-state index in [9.17, 15) is 9.59 Å². The smallest absolute Gasteiger partial charge is 0.265 e. The molecule has 9 heteroatoms. The molecule has 3 aromatic heterocycles. The maximum atomic E-state index is 13.2. The number of carbonyl (C=O) groups is 1. The number of hydrogen-bond acceptors (Lipinski definition) is 6. The molecule has 1 atom stereocenters. The van der Waals surface area contributed by atoms with Gasteiger partial charge in [0.05, 0.1) is 17.9 Å². The van der Waals surface area contributed by atoms with Crippen molar-refractivity contribution in [3.8, 4) is 5.69 Å². The van der Waals surface area contributed by atoms with Crippen LogP contribution in [-0.2, 0) is 11.3 Å². The van der Waals surface area contributed by atoms with Crippen molar-refractivity contribution in [3.05, 3.63) is 76.5 Å². The predicted octanol–water partition coefficient (Wildman–Crippen LogP) is 2.64. The standard InChI is InChI=1S/C22H20N6O2S/c1-14-3-2-4-16(9-14)28-20-18(12-25-28)21(30)27-17(13-31-22(27)26-20)10-19(29)24-11-15-5-7-23-8-6-15/h2-9,12,17H,10-11,13H2,1H3,(H,24,29)/t17-/m0/s1. The SMILES string of the molecule is Cc1cccc(-n2ncc3c(=O)n4c(nc32)SC[C@@H]4CC(=O)NCc2ccncc2)c1. The van der Waals surface area contributed by atoms with E-state index in [1.807, 2.05) is 43.3 Å². The highest BCUT2D eigenvalue weighted by Gasteiger charge is 2.29. The molecule has 1 aliphatic rings. The molecule has 0 radical (unpaired) electrons. The van der Waals surface area contributed by atoms with E-state index < -0.39 is 0 Å². The predicted molar refractivity (Wildman–Crippen MR) is 118 cm³/mol. The minimum absolute atomic E-state index is 0.0993. The molecule has 5 rings (SSSR count). The zero-order valence-electron chi connectivity index (χ0n) is 16.9. The van der Waals surface area contributed by atoms with E-state index in [2.05, 4.69) is 15.4 Å². The minimum Gasteiger partial charge on any atom is -0.352 e. The number of nitrogens with one attached hydrogen (secondary N) is 1. The Hall–Kier alpha value is -3.46. The summed E-state index contributed by atoms with van der Waals surface area (Å²) in [6.07, 6.45) is 5.17. The van der Waals surface area contributed by atoms with Crippen LogP contribution in [0.5, 0.6) is 0 Å². The summed E-state index contributed by atoms with van der Waals surface area (Å²) in [5, 5.41) is 8.40. The number of aryl methyl sites for hydroxylation is 1. The lowest BCUT2D eigenvalue weighted by Gasteiger charge is -2.13. The molecule has 4 aromatic rings. The van der Waals surface area contributed by atoms with Crippen molar-refractivity contribution in [2.45, 2.75) is 31.1 Å². The van der Waals surface area contributed by atoms with Gasteiger partial charge in [-0.2, -0.15) is 5.10 Å². The third-order valence-electron chi connectivity index (χ3n) is 5.28. The molecule has 1 aromatic carbocycles. The molecule has 0 saturated heterocycles. The minimum atomic E-state index is -0.232. The maximum absolute atomic E-state index is 13.2. The fourth-order valence-electron chi connectivity index (χ4n) is 3.72. The molecular formula is C22H20N6O2S. The van der Waals surface area contributed by atoms with Gasteiger partial charge >= 0.3 is 0 Å². The van der Waals surface area contributed by atoms with Crippen LogP contribution in [0, 0.1) is 6.92 Å². The van der Waals surface area contributed by atoms with Gasteiger partial charge in [-0.25, -0.2) is 9.67 Å². The number of benzene rings is 1. The van der Waals surface area contributed by atoms with Gasteiger partial charge in [0.1, 0.15) is 5.39 Å². The summed E-state index contributed by atoms with van der Waals surface area (Å²) in [7, 11) is 0. The fourth-order valence-corrected chi connectivity index (χ4v) is 4.85. The first-order valence-corrected chi connectivity index (χ1v) is 10.9. The molecule has 1 aliphatic heterocycles. The summed E-state index contributed by atoms with van der Waals surface area (Å²) in [4.78, 5) is 34.4. The van der Waals surface area contributed by atoms with Gasteiger partial charge in [-0.15, -0.1) is 0 Å². The highest BCUT2D eigenvalue weighted by molar-refractivity contribution is 7.99. The first-order valence-electron chi connectivity index (χ1n) is 9.96. The van der Waals surface area contributed by atoms with Crippen LogP contribution in [0.4, 0.5) is 0 Å². The van der Waals surface area contributed by atoms with Crippen LogP contribution >= 0.6 is 11.8 Å². The van der Waals surface area contributed by atoms with Crippen molar-refractivity contribution in [1.29, 1.82) is 0 Å². The number of thioether (sulfide) groups is 1. The van der Waals surface area contributed by atoms with Crippen molar-refractivity contribution < 1.29 is 4.79 Å². The number of aromatic nitrogens is 5. The summed E-state index contributed by atoms with van der Waals surface area (Å²) >= 11 is 1.49. The monoisotopic (exact) mass is 432 g/mol. The van der Waals surface area contributed by atoms with Crippen LogP contribution in [0.2, 0.25) is 0 Å². The van der Waals surface area contributed by atoms with Gasteiger partial charge in [-0.1, -0.05) is 23.9 Å². The maximum Gasteiger partial charge on any atom is 0.265 e. The van der Waals surface area contributed by atoms with E-state index in [0.29, 0.717) is 28.5 Å². The highest BCUT2D eigenvalue weighted by Crippen LogP contribution is 2.33. The Morgan fingerprint density at radius 2 is 2.10 bits per heavy atom. The van der Waals surface area contributed by atoms with Gasteiger partial charge in [0.25, 0.3) is 5.56 Å². The number of fused-ring (bicyclic) bond motifs is 2. The molecule has 1 amide bonds. The zero-order valence-corrected chi connectivity index (χ0v) is 17.7. The first kappa shape index (κ1) is 19.5. The molecule has 0 saturated carbocycles. The van der Waals surface area contributed by atoms with Crippen molar-refractivity contribution in [3.63, 3.8) is 0 Å². The van der Waals surface area contributed by atoms with Gasteiger partial charge < -0.3 is 5.32 Å². The number of carbonyl (C=O) groups excluding carboxylic acids is 1. The molecule has 0 bridgehead atoms. The molecule has 4 heterocycles. The first-order chi connectivity index (χ1) is 15.1. The number of amides is 1. The molecule has 0 fully saturated rings. The second kappa shape index (κ2) is 7.99. The number of nitrogens with zero attached hydrogens (tertiary/aromatic N) is 5. The van der Waals surface area contributed by atoms with E-state index in [1.165, 1.54) is 11.8 Å². The Morgan fingerprint density at radius 1 is 1.26 bits per heavy atom. The van der Waals surface area contributed by atoms with Crippen LogP contribution in [0.15, 0.2) is 64.9 Å². The second-order valence-corrected chi connectivity index (χ2v) is 8.49. The van der Waals surface area contributed by atoms with Crippen LogP contribution in [0.25, 0.3) is 16.7 Å². The van der Waals surface area contributed by atoms with Gasteiger partial charge in [-0.05, 0) is 42.3 Å².